The van der Waals surface area contributed by atoms with Crippen LogP contribution < -0.4 is 0 Å². The van der Waals surface area contributed by atoms with Crippen LogP contribution in [0.1, 0.15) is 17.0 Å². The van der Waals surface area contributed by atoms with Crippen LogP contribution >= 0.6 is 0 Å². The van der Waals surface area contributed by atoms with Crippen molar-refractivity contribution in [3.05, 3.63) is 65.3 Å². The summed E-state index contributed by atoms with van der Waals surface area (Å²) in [5.41, 5.74) is 3.06. The van der Waals surface area contributed by atoms with Crippen molar-refractivity contribution >= 4 is 10.9 Å². The van der Waals surface area contributed by atoms with Gasteiger partial charge in [0.2, 0.25) is 0 Å². The highest BCUT2D eigenvalue weighted by molar-refractivity contribution is 5.97. The summed E-state index contributed by atoms with van der Waals surface area (Å²) in [6, 6.07) is 13.2. The molecule has 0 amide bonds. The first-order valence-electron chi connectivity index (χ1n) is 7.98. The van der Waals surface area contributed by atoms with E-state index in [1.54, 1.807) is 42.7 Å². The zero-order chi connectivity index (χ0) is 18.4. The number of hydrogen-bond donors (Lipinski definition) is 1. The van der Waals surface area contributed by atoms with Gasteiger partial charge >= 0.3 is 0 Å². The fourth-order valence-corrected chi connectivity index (χ4v) is 3.33. The summed E-state index contributed by atoms with van der Waals surface area (Å²) >= 11 is 0. The fraction of sp³-hybridized carbons (Fsp3) is 0.100. The average Bonchev–Trinajstić information content (AvgIpc) is 3.13. The molecule has 2 heterocycles. The van der Waals surface area contributed by atoms with Crippen LogP contribution in [0.25, 0.3) is 27.8 Å². The third-order valence-corrected chi connectivity index (χ3v) is 4.43. The first kappa shape index (κ1) is 15.9. The van der Waals surface area contributed by atoms with Crippen molar-refractivity contribution in [3.8, 4) is 28.8 Å². The highest BCUT2D eigenvalue weighted by Crippen LogP contribution is 2.39. The van der Waals surface area contributed by atoms with Gasteiger partial charge in [-0.05, 0) is 44.2 Å². The molecule has 0 aliphatic rings. The molecule has 0 aliphatic heterocycles. The predicted molar refractivity (Wildman–Crippen MR) is 94.6 cm³/mol. The maximum Gasteiger partial charge on any atom is 0.147 e. The Morgan fingerprint density at radius 1 is 1.15 bits per heavy atom. The van der Waals surface area contributed by atoms with Gasteiger partial charge in [0.1, 0.15) is 23.4 Å². The molecule has 0 spiro atoms. The molecule has 5 nitrogen and oxygen atoms in total. The molecule has 0 saturated carbocycles. The molecule has 6 heteroatoms. The summed E-state index contributed by atoms with van der Waals surface area (Å²) < 4.78 is 21.7. The van der Waals surface area contributed by atoms with E-state index in [2.05, 4.69) is 11.2 Å². The molecule has 26 heavy (non-hydrogen) atoms. The molecule has 128 valence electrons. The minimum atomic E-state index is -0.440. The summed E-state index contributed by atoms with van der Waals surface area (Å²) in [4.78, 5) is 0. The van der Waals surface area contributed by atoms with E-state index in [9.17, 15) is 14.8 Å². The summed E-state index contributed by atoms with van der Waals surface area (Å²) in [5.74, 6) is 0.206. The van der Waals surface area contributed by atoms with E-state index in [0.29, 0.717) is 44.9 Å². The summed E-state index contributed by atoms with van der Waals surface area (Å²) in [5, 5.41) is 23.9. The number of phenolic OH excluding ortho intramolecular Hbond substituents is 1. The zero-order valence-electron chi connectivity index (χ0n) is 14.1. The van der Waals surface area contributed by atoms with Gasteiger partial charge in [0.25, 0.3) is 0 Å². The van der Waals surface area contributed by atoms with Crippen molar-refractivity contribution in [1.82, 2.24) is 9.72 Å². The van der Waals surface area contributed by atoms with Gasteiger partial charge in [-0.15, -0.1) is 0 Å². The normalized spacial score (nSPS) is 11.0. The minimum Gasteiger partial charge on any atom is -0.508 e. The fourth-order valence-electron chi connectivity index (χ4n) is 3.33. The Bertz CT molecular complexity index is 1160. The molecular formula is C20H14FN3O2. The Hall–Kier alpha value is -3.59. The lowest BCUT2D eigenvalue weighted by Gasteiger charge is -2.12. The summed E-state index contributed by atoms with van der Waals surface area (Å²) in [7, 11) is 0. The van der Waals surface area contributed by atoms with E-state index >= 15 is 0 Å². The molecule has 0 radical (unpaired) electrons. The smallest absolute Gasteiger partial charge is 0.147 e. The van der Waals surface area contributed by atoms with Crippen LogP contribution in [0.2, 0.25) is 0 Å². The number of para-hydroxylation sites is 1. The van der Waals surface area contributed by atoms with Crippen molar-refractivity contribution in [2.45, 2.75) is 13.8 Å². The van der Waals surface area contributed by atoms with Gasteiger partial charge in [-0.25, -0.2) is 4.39 Å². The molecule has 0 aliphatic carbocycles. The number of nitriles is 1. The second-order valence-electron chi connectivity index (χ2n) is 6.02. The summed E-state index contributed by atoms with van der Waals surface area (Å²) in [6.45, 7) is 3.54. The lowest BCUT2D eigenvalue weighted by molar-refractivity contribution is 0.393. The van der Waals surface area contributed by atoms with Crippen LogP contribution in [0.3, 0.4) is 0 Å². The number of rotatable bonds is 2. The predicted octanol–water partition coefficient (Wildman–Crippen LogP) is 4.62. The van der Waals surface area contributed by atoms with Crippen molar-refractivity contribution in [2.75, 3.05) is 0 Å². The van der Waals surface area contributed by atoms with Gasteiger partial charge in [-0.3, -0.25) is 0 Å². The number of nitrogens with zero attached hydrogens (tertiary/aromatic N) is 3. The van der Waals surface area contributed by atoms with Crippen molar-refractivity contribution in [1.29, 1.82) is 5.26 Å². The zero-order valence-corrected chi connectivity index (χ0v) is 14.1. The van der Waals surface area contributed by atoms with E-state index in [-0.39, 0.29) is 5.75 Å². The van der Waals surface area contributed by atoms with E-state index in [0.717, 1.165) is 0 Å². The molecule has 1 N–H and O–H groups in total. The van der Waals surface area contributed by atoms with Crippen molar-refractivity contribution in [3.63, 3.8) is 0 Å². The number of hydrogen-bond acceptors (Lipinski definition) is 4. The Morgan fingerprint density at radius 3 is 2.50 bits per heavy atom. The largest absolute Gasteiger partial charge is 0.508 e. The molecule has 0 bridgehead atoms. The van der Waals surface area contributed by atoms with E-state index in [1.165, 1.54) is 18.2 Å². The Morgan fingerprint density at radius 2 is 1.88 bits per heavy atom. The standard InChI is InChI=1S/C20H14FN3O2/c1-11-18(12(2)26-23-11)20-16(10-22)15-4-3-5-17(21)19(15)24(20)13-6-8-14(25)9-7-13/h3-9,25H,1-2H3. The monoisotopic (exact) mass is 347 g/mol. The molecule has 2 aromatic carbocycles. The van der Waals surface area contributed by atoms with Gasteiger partial charge in [-0.2, -0.15) is 5.26 Å². The van der Waals surface area contributed by atoms with E-state index in [1.807, 2.05) is 0 Å². The molecular weight excluding hydrogens is 333 g/mol. The van der Waals surface area contributed by atoms with Gasteiger partial charge in [0.05, 0.1) is 28.0 Å². The lowest BCUT2D eigenvalue weighted by Crippen LogP contribution is -2.00. The third-order valence-electron chi connectivity index (χ3n) is 4.43. The quantitative estimate of drug-likeness (QED) is 0.574. The number of fused-ring (bicyclic) bond motifs is 1. The number of aryl methyl sites for hydroxylation is 2. The first-order chi connectivity index (χ1) is 12.5. The van der Waals surface area contributed by atoms with Gasteiger partial charge in [0, 0.05) is 11.1 Å². The molecule has 0 saturated heterocycles. The van der Waals surface area contributed by atoms with Crippen LogP contribution in [0, 0.1) is 31.0 Å². The van der Waals surface area contributed by atoms with Gasteiger partial charge < -0.3 is 14.2 Å². The number of benzene rings is 2. The molecule has 4 rings (SSSR count). The molecule has 0 atom stereocenters. The maximum atomic E-state index is 14.8. The number of aromatic hydroxyl groups is 1. The van der Waals surface area contributed by atoms with E-state index in [4.69, 9.17) is 4.52 Å². The highest BCUT2D eigenvalue weighted by atomic mass is 19.1. The van der Waals surface area contributed by atoms with E-state index < -0.39 is 5.82 Å². The van der Waals surface area contributed by atoms with Crippen molar-refractivity contribution < 1.29 is 14.0 Å². The highest BCUT2D eigenvalue weighted by Gasteiger charge is 2.26. The van der Waals surface area contributed by atoms with Crippen molar-refractivity contribution in [2.24, 2.45) is 0 Å². The molecule has 0 unspecified atom stereocenters. The molecule has 0 fully saturated rings. The third kappa shape index (κ3) is 2.18. The number of aromatic nitrogens is 2. The summed E-state index contributed by atoms with van der Waals surface area (Å²) in [6.07, 6.45) is 0. The second-order valence-corrected chi connectivity index (χ2v) is 6.02. The molecule has 2 aromatic heterocycles. The minimum absolute atomic E-state index is 0.102. The van der Waals surface area contributed by atoms with Crippen LogP contribution in [0.4, 0.5) is 4.39 Å². The number of phenols is 1. The van der Waals surface area contributed by atoms with Crippen LogP contribution in [-0.4, -0.2) is 14.8 Å². The van der Waals surface area contributed by atoms with Crippen LogP contribution in [0.5, 0.6) is 5.75 Å². The van der Waals surface area contributed by atoms with Crippen LogP contribution in [0.15, 0.2) is 47.0 Å². The van der Waals surface area contributed by atoms with Gasteiger partial charge in [-0.1, -0.05) is 17.3 Å². The second kappa shape index (κ2) is 5.74. The first-order valence-corrected chi connectivity index (χ1v) is 7.98. The Labute approximate surface area is 148 Å². The van der Waals surface area contributed by atoms with Gasteiger partial charge in [0.15, 0.2) is 0 Å². The number of halogens is 1. The Balaban J connectivity index is 2.23. The maximum absolute atomic E-state index is 14.8. The SMILES string of the molecule is Cc1noc(C)c1-c1c(C#N)c2cccc(F)c2n1-c1ccc(O)cc1. The Kier molecular flexibility index (Phi) is 3.51. The average molecular weight is 347 g/mol. The molecule has 4 aromatic rings. The topological polar surface area (TPSA) is 75.0 Å². The van der Waals surface area contributed by atoms with Crippen LogP contribution in [-0.2, 0) is 0 Å². The lowest BCUT2D eigenvalue weighted by atomic mass is 10.0.